The molecule has 0 fully saturated rings. The van der Waals surface area contributed by atoms with E-state index in [0.717, 1.165) is 5.56 Å². The molecule has 17 heavy (non-hydrogen) atoms. The summed E-state index contributed by atoms with van der Waals surface area (Å²) in [4.78, 5) is 4.18. The molecule has 2 rings (SSSR count). The lowest BCUT2D eigenvalue weighted by Crippen LogP contribution is -2.15. The molecule has 0 bridgehead atoms. The maximum Gasteiger partial charge on any atom is 0.226 e. The van der Waals surface area contributed by atoms with Crippen molar-refractivity contribution >= 4 is 22.6 Å². The molecule has 90 valence electrons. The number of nitrogens with zero attached hydrogens (tertiary/aromatic N) is 1. The SMILES string of the molecule is CC(C)(O)c1nc(-c2ccc(F)c(I)c2)co1. The summed E-state index contributed by atoms with van der Waals surface area (Å²) in [5.41, 5.74) is 0.223. The van der Waals surface area contributed by atoms with E-state index in [1.54, 1.807) is 26.0 Å². The van der Waals surface area contributed by atoms with Crippen molar-refractivity contribution in [1.82, 2.24) is 4.98 Å². The minimum absolute atomic E-state index is 0.242. The van der Waals surface area contributed by atoms with E-state index in [1.807, 2.05) is 22.6 Å². The van der Waals surface area contributed by atoms with Crippen molar-refractivity contribution in [1.29, 1.82) is 0 Å². The molecule has 0 aliphatic rings. The van der Waals surface area contributed by atoms with E-state index in [1.165, 1.54) is 12.3 Å². The second-order valence-electron chi connectivity index (χ2n) is 4.23. The molecule has 1 N–H and O–H groups in total. The molecule has 2 aromatic rings. The fourth-order valence-corrected chi connectivity index (χ4v) is 1.86. The number of benzene rings is 1. The number of hydrogen-bond donors (Lipinski definition) is 1. The van der Waals surface area contributed by atoms with Crippen molar-refractivity contribution in [2.75, 3.05) is 0 Å². The lowest BCUT2D eigenvalue weighted by molar-refractivity contribution is 0.0483. The monoisotopic (exact) mass is 347 g/mol. The van der Waals surface area contributed by atoms with Gasteiger partial charge in [-0.1, -0.05) is 0 Å². The Hall–Kier alpha value is -0.950. The zero-order valence-electron chi connectivity index (χ0n) is 9.37. The number of hydrogen-bond acceptors (Lipinski definition) is 3. The first kappa shape index (κ1) is 12.5. The topological polar surface area (TPSA) is 46.3 Å². The Balaban J connectivity index is 2.40. The van der Waals surface area contributed by atoms with Gasteiger partial charge in [0.25, 0.3) is 0 Å². The predicted molar refractivity (Wildman–Crippen MR) is 69.9 cm³/mol. The van der Waals surface area contributed by atoms with E-state index in [-0.39, 0.29) is 11.7 Å². The highest BCUT2D eigenvalue weighted by Crippen LogP contribution is 2.26. The molecule has 0 amide bonds. The van der Waals surface area contributed by atoms with Gasteiger partial charge in [-0.2, -0.15) is 0 Å². The van der Waals surface area contributed by atoms with Crippen LogP contribution in [-0.4, -0.2) is 10.1 Å². The van der Waals surface area contributed by atoms with E-state index >= 15 is 0 Å². The van der Waals surface area contributed by atoms with E-state index < -0.39 is 5.60 Å². The summed E-state index contributed by atoms with van der Waals surface area (Å²) in [7, 11) is 0. The van der Waals surface area contributed by atoms with Crippen LogP contribution in [0.4, 0.5) is 4.39 Å². The van der Waals surface area contributed by atoms with Crippen molar-refractivity contribution in [3.63, 3.8) is 0 Å². The van der Waals surface area contributed by atoms with Crippen LogP contribution in [0.5, 0.6) is 0 Å². The van der Waals surface area contributed by atoms with E-state index in [2.05, 4.69) is 4.98 Å². The second kappa shape index (κ2) is 4.38. The van der Waals surface area contributed by atoms with Crippen LogP contribution in [0.2, 0.25) is 0 Å². The van der Waals surface area contributed by atoms with Gasteiger partial charge in [-0.05, 0) is 54.6 Å². The molecule has 0 aliphatic heterocycles. The van der Waals surface area contributed by atoms with Gasteiger partial charge in [-0.3, -0.25) is 0 Å². The molecule has 1 aromatic heterocycles. The number of rotatable bonds is 2. The molecule has 0 spiro atoms. The summed E-state index contributed by atoms with van der Waals surface area (Å²) in [5.74, 6) is -0.0209. The third-order valence-corrected chi connectivity index (χ3v) is 3.07. The van der Waals surface area contributed by atoms with Crippen LogP contribution in [0.15, 0.2) is 28.9 Å². The van der Waals surface area contributed by atoms with Crippen LogP contribution in [0, 0.1) is 9.39 Å². The normalized spacial score (nSPS) is 11.8. The first-order valence-electron chi connectivity index (χ1n) is 5.02. The van der Waals surface area contributed by atoms with E-state index in [4.69, 9.17) is 4.42 Å². The van der Waals surface area contributed by atoms with Crippen molar-refractivity contribution in [3.8, 4) is 11.3 Å². The summed E-state index contributed by atoms with van der Waals surface area (Å²) in [6.45, 7) is 3.19. The number of aromatic nitrogens is 1. The fourth-order valence-electron chi connectivity index (χ4n) is 1.34. The quantitative estimate of drug-likeness (QED) is 0.848. The molecule has 0 unspecified atom stereocenters. The first-order chi connectivity index (χ1) is 7.88. The third-order valence-electron chi connectivity index (χ3n) is 2.24. The van der Waals surface area contributed by atoms with Crippen molar-refractivity contribution in [2.24, 2.45) is 0 Å². The van der Waals surface area contributed by atoms with Gasteiger partial charge in [-0.15, -0.1) is 0 Å². The molecule has 0 radical (unpaired) electrons. The van der Waals surface area contributed by atoms with Gasteiger partial charge in [0.05, 0.1) is 0 Å². The fraction of sp³-hybridized carbons (Fsp3) is 0.250. The van der Waals surface area contributed by atoms with Gasteiger partial charge in [0.1, 0.15) is 23.4 Å². The molecule has 0 atom stereocenters. The molecule has 3 nitrogen and oxygen atoms in total. The summed E-state index contributed by atoms with van der Waals surface area (Å²) in [6, 6.07) is 4.70. The van der Waals surface area contributed by atoms with Crippen LogP contribution < -0.4 is 0 Å². The summed E-state index contributed by atoms with van der Waals surface area (Å²) >= 11 is 1.92. The minimum atomic E-state index is -1.12. The largest absolute Gasteiger partial charge is 0.445 e. The Morgan fingerprint density at radius 2 is 2.12 bits per heavy atom. The Kier molecular flexibility index (Phi) is 3.22. The second-order valence-corrected chi connectivity index (χ2v) is 5.39. The molecule has 5 heteroatoms. The molecule has 1 heterocycles. The highest BCUT2D eigenvalue weighted by Gasteiger charge is 2.22. The van der Waals surface area contributed by atoms with Crippen LogP contribution >= 0.6 is 22.6 Å². The van der Waals surface area contributed by atoms with Gasteiger partial charge < -0.3 is 9.52 Å². The van der Waals surface area contributed by atoms with Crippen LogP contribution in [0.25, 0.3) is 11.3 Å². The maximum atomic E-state index is 13.1. The molecule has 1 aromatic carbocycles. The first-order valence-corrected chi connectivity index (χ1v) is 6.09. The van der Waals surface area contributed by atoms with Gasteiger partial charge in [0, 0.05) is 9.13 Å². The zero-order chi connectivity index (χ0) is 12.6. The Morgan fingerprint density at radius 1 is 1.41 bits per heavy atom. The van der Waals surface area contributed by atoms with Crippen LogP contribution in [0.3, 0.4) is 0 Å². The lowest BCUT2D eigenvalue weighted by Gasteiger charge is -2.10. The van der Waals surface area contributed by atoms with Crippen LogP contribution in [-0.2, 0) is 5.60 Å². The van der Waals surface area contributed by atoms with Gasteiger partial charge in [0.15, 0.2) is 0 Å². The molecular formula is C12H11FINO2. The molecular weight excluding hydrogens is 336 g/mol. The third kappa shape index (κ3) is 2.66. The van der Waals surface area contributed by atoms with Gasteiger partial charge >= 0.3 is 0 Å². The van der Waals surface area contributed by atoms with E-state index in [9.17, 15) is 9.50 Å². The minimum Gasteiger partial charge on any atom is -0.445 e. The van der Waals surface area contributed by atoms with Crippen molar-refractivity contribution in [3.05, 3.63) is 39.7 Å². The van der Waals surface area contributed by atoms with Crippen molar-refractivity contribution in [2.45, 2.75) is 19.4 Å². The van der Waals surface area contributed by atoms with Crippen molar-refractivity contribution < 1.29 is 13.9 Å². The smallest absolute Gasteiger partial charge is 0.226 e. The average Bonchev–Trinajstić information content (AvgIpc) is 2.70. The van der Waals surface area contributed by atoms with Crippen LogP contribution in [0.1, 0.15) is 19.7 Å². The standard InChI is InChI=1S/C12H11FINO2/c1-12(2,16)11-15-10(6-17-11)7-3-4-8(13)9(14)5-7/h3-6,16H,1-2H3. The molecule has 0 saturated heterocycles. The molecule has 0 saturated carbocycles. The number of aliphatic hydroxyl groups is 1. The number of oxazole rings is 1. The summed E-state index contributed by atoms with van der Waals surface area (Å²) in [6.07, 6.45) is 1.45. The Morgan fingerprint density at radius 3 is 2.65 bits per heavy atom. The highest BCUT2D eigenvalue weighted by atomic mass is 127. The summed E-state index contributed by atoms with van der Waals surface area (Å²) < 4.78 is 18.8. The summed E-state index contributed by atoms with van der Waals surface area (Å²) in [5, 5.41) is 9.73. The predicted octanol–water partition coefficient (Wildman–Crippen LogP) is 3.31. The van der Waals surface area contributed by atoms with Gasteiger partial charge in [-0.25, -0.2) is 9.37 Å². The Labute approximate surface area is 112 Å². The molecule has 0 aliphatic carbocycles. The zero-order valence-corrected chi connectivity index (χ0v) is 11.5. The maximum absolute atomic E-state index is 13.1. The lowest BCUT2D eigenvalue weighted by atomic mass is 10.1. The Bertz CT molecular complexity index is 546. The highest BCUT2D eigenvalue weighted by molar-refractivity contribution is 14.1. The van der Waals surface area contributed by atoms with Gasteiger partial charge in [0.2, 0.25) is 5.89 Å². The number of halogens is 2. The van der Waals surface area contributed by atoms with E-state index in [0.29, 0.717) is 9.26 Å². The average molecular weight is 347 g/mol.